The average molecular weight is 514 g/mol. The van der Waals surface area contributed by atoms with Gasteiger partial charge in [0.1, 0.15) is 5.52 Å². The van der Waals surface area contributed by atoms with Gasteiger partial charge in [-0.25, -0.2) is 18.7 Å². The Morgan fingerprint density at radius 3 is 2.78 bits per heavy atom. The third kappa shape index (κ3) is 4.08. The molecule has 0 amide bonds. The highest BCUT2D eigenvalue weighted by Crippen LogP contribution is 2.33. The lowest BCUT2D eigenvalue weighted by Crippen LogP contribution is -2.24. The standard InChI is InChI=1S/C27H21F2N7S/c28-27(29)7-8-36(15-27)13-16-10-18(12-30-11-16)20-4-5-22-24(31-20)25(35-34-22)26-32-21-3-1-2-19(23(21)33-26)17-6-9-37-14-17/h1-6,9-12,14H,7-8,13,15H2,(H,32,33)(H,34,35). The maximum Gasteiger partial charge on any atom is 0.261 e. The summed E-state index contributed by atoms with van der Waals surface area (Å²) in [6.45, 7) is 0.595. The number of fused-ring (bicyclic) bond motifs is 2. The number of rotatable bonds is 5. The number of H-pyrrole nitrogens is 2. The summed E-state index contributed by atoms with van der Waals surface area (Å²) in [6.07, 6.45) is 3.36. The fraction of sp³-hybridized carbons (Fsp3) is 0.185. The van der Waals surface area contributed by atoms with E-state index in [-0.39, 0.29) is 13.0 Å². The van der Waals surface area contributed by atoms with E-state index in [1.807, 2.05) is 30.3 Å². The fourth-order valence-corrected chi connectivity index (χ4v) is 5.59. The van der Waals surface area contributed by atoms with E-state index in [0.717, 1.165) is 44.5 Å². The first kappa shape index (κ1) is 22.2. The van der Waals surface area contributed by atoms with Gasteiger partial charge in [0.15, 0.2) is 11.5 Å². The van der Waals surface area contributed by atoms with Gasteiger partial charge in [0, 0.05) is 43.0 Å². The van der Waals surface area contributed by atoms with Crippen LogP contribution in [-0.2, 0) is 6.54 Å². The van der Waals surface area contributed by atoms with Crippen molar-refractivity contribution in [2.24, 2.45) is 0 Å². The normalized spacial score (nSPS) is 15.7. The molecule has 6 heterocycles. The summed E-state index contributed by atoms with van der Waals surface area (Å²) in [7, 11) is 0. The number of benzene rings is 1. The Balaban J connectivity index is 1.24. The Kier molecular flexibility index (Phi) is 5.12. The molecule has 184 valence electrons. The maximum absolute atomic E-state index is 13.6. The first-order valence-corrected chi connectivity index (χ1v) is 12.9. The first-order chi connectivity index (χ1) is 18.0. The van der Waals surface area contributed by atoms with Crippen LogP contribution in [0.3, 0.4) is 0 Å². The van der Waals surface area contributed by atoms with Crippen LogP contribution < -0.4 is 0 Å². The molecular weight excluding hydrogens is 492 g/mol. The van der Waals surface area contributed by atoms with Crippen molar-refractivity contribution in [1.29, 1.82) is 0 Å². The van der Waals surface area contributed by atoms with E-state index < -0.39 is 5.92 Å². The third-order valence-electron chi connectivity index (χ3n) is 6.72. The summed E-state index contributed by atoms with van der Waals surface area (Å²) in [6, 6.07) is 14.0. The molecule has 37 heavy (non-hydrogen) atoms. The minimum Gasteiger partial charge on any atom is -0.336 e. The molecule has 2 N–H and O–H groups in total. The smallest absolute Gasteiger partial charge is 0.261 e. The van der Waals surface area contributed by atoms with Crippen LogP contribution in [0.25, 0.3) is 56.0 Å². The minimum absolute atomic E-state index is 0.0991. The van der Waals surface area contributed by atoms with Crippen molar-refractivity contribution in [2.45, 2.75) is 18.9 Å². The van der Waals surface area contributed by atoms with Gasteiger partial charge in [-0.3, -0.25) is 15.0 Å². The molecule has 1 aliphatic heterocycles. The number of para-hydroxylation sites is 1. The highest BCUT2D eigenvalue weighted by molar-refractivity contribution is 7.08. The van der Waals surface area contributed by atoms with Crippen LogP contribution in [0.1, 0.15) is 12.0 Å². The average Bonchev–Trinajstić information content (AvgIpc) is 3.69. The van der Waals surface area contributed by atoms with Crippen LogP contribution >= 0.6 is 11.3 Å². The molecule has 6 aromatic rings. The lowest BCUT2D eigenvalue weighted by molar-refractivity contribution is 0.0115. The number of hydrogen-bond donors (Lipinski definition) is 2. The summed E-state index contributed by atoms with van der Waals surface area (Å²) in [4.78, 5) is 19.3. The lowest BCUT2D eigenvalue weighted by Gasteiger charge is -2.15. The van der Waals surface area contributed by atoms with Crippen LogP contribution in [0, 0.1) is 0 Å². The predicted molar refractivity (Wildman–Crippen MR) is 140 cm³/mol. The van der Waals surface area contributed by atoms with E-state index in [2.05, 4.69) is 43.1 Å². The van der Waals surface area contributed by atoms with Crippen LogP contribution in [0.2, 0.25) is 0 Å². The molecule has 7 rings (SSSR count). The van der Waals surface area contributed by atoms with Crippen LogP contribution in [0.5, 0.6) is 0 Å². The van der Waals surface area contributed by atoms with Gasteiger partial charge >= 0.3 is 0 Å². The lowest BCUT2D eigenvalue weighted by atomic mass is 10.1. The van der Waals surface area contributed by atoms with E-state index in [9.17, 15) is 8.78 Å². The number of pyridine rings is 2. The first-order valence-electron chi connectivity index (χ1n) is 11.9. The van der Waals surface area contributed by atoms with Crippen molar-refractivity contribution in [2.75, 3.05) is 13.1 Å². The van der Waals surface area contributed by atoms with E-state index >= 15 is 0 Å². The monoisotopic (exact) mass is 513 g/mol. The molecule has 0 unspecified atom stereocenters. The topological polar surface area (TPSA) is 86.4 Å². The van der Waals surface area contributed by atoms with Crippen molar-refractivity contribution < 1.29 is 8.78 Å². The summed E-state index contributed by atoms with van der Waals surface area (Å²) >= 11 is 1.65. The van der Waals surface area contributed by atoms with Crippen molar-refractivity contribution in [3.8, 4) is 33.9 Å². The summed E-state index contributed by atoms with van der Waals surface area (Å²) < 4.78 is 27.2. The molecule has 0 radical (unpaired) electrons. The molecular formula is C27H21F2N7S. The van der Waals surface area contributed by atoms with Gasteiger partial charge in [0.05, 0.1) is 28.8 Å². The van der Waals surface area contributed by atoms with E-state index in [0.29, 0.717) is 30.1 Å². The molecule has 1 aromatic carbocycles. The number of halogens is 2. The second-order valence-electron chi connectivity index (χ2n) is 9.36. The van der Waals surface area contributed by atoms with Gasteiger partial charge in [-0.05, 0) is 52.2 Å². The Morgan fingerprint density at radius 2 is 1.95 bits per heavy atom. The number of nitrogens with zero attached hydrogens (tertiary/aromatic N) is 5. The zero-order valence-corrected chi connectivity index (χ0v) is 20.4. The van der Waals surface area contributed by atoms with E-state index in [4.69, 9.17) is 9.97 Å². The molecule has 10 heteroatoms. The fourth-order valence-electron chi connectivity index (χ4n) is 4.93. The number of imidazole rings is 1. The molecule has 1 fully saturated rings. The third-order valence-corrected chi connectivity index (χ3v) is 7.41. The Labute approximate surface area is 214 Å². The molecule has 0 atom stereocenters. The molecule has 0 spiro atoms. The van der Waals surface area contributed by atoms with Gasteiger partial charge in [0.25, 0.3) is 5.92 Å². The van der Waals surface area contributed by atoms with Crippen molar-refractivity contribution in [1.82, 2.24) is 35.0 Å². The number of aromatic amines is 2. The molecule has 1 aliphatic rings. The summed E-state index contributed by atoms with van der Waals surface area (Å²) in [5.74, 6) is -1.98. The van der Waals surface area contributed by atoms with Gasteiger partial charge in [0.2, 0.25) is 0 Å². The second-order valence-corrected chi connectivity index (χ2v) is 10.1. The van der Waals surface area contributed by atoms with Crippen molar-refractivity contribution in [3.05, 3.63) is 71.2 Å². The molecule has 0 saturated carbocycles. The van der Waals surface area contributed by atoms with Crippen molar-refractivity contribution >= 4 is 33.4 Å². The minimum atomic E-state index is -2.61. The SMILES string of the molecule is FC1(F)CCN(Cc2cncc(-c3ccc4[nH]nc(-c5nc6c(-c7ccsc7)cccc6[nH]5)c4n3)c2)C1. The van der Waals surface area contributed by atoms with Crippen LogP contribution in [-0.4, -0.2) is 54.0 Å². The Morgan fingerprint density at radius 1 is 1.00 bits per heavy atom. The predicted octanol–water partition coefficient (Wildman–Crippen LogP) is 6.13. The number of aromatic nitrogens is 6. The summed E-state index contributed by atoms with van der Waals surface area (Å²) in [5, 5.41) is 11.7. The van der Waals surface area contributed by atoms with Crippen LogP contribution in [0.4, 0.5) is 8.78 Å². The Bertz CT molecular complexity index is 1740. The number of alkyl halides is 2. The van der Waals surface area contributed by atoms with Crippen molar-refractivity contribution in [3.63, 3.8) is 0 Å². The molecule has 0 bridgehead atoms. The number of nitrogens with one attached hydrogen (secondary N) is 2. The zero-order chi connectivity index (χ0) is 25.0. The molecule has 7 nitrogen and oxygen atoms in total. The molecule has 1 saturated heterocycles. The number of likely N-dealkylation sites (tertiary alicyclic amines) is 1. The highest BCUT2D eigenvalue weighted by atomic mass is 32.1. The number of thiophene rings is 1. The van der Waals surface area contributed by atoms with E-state index in [1.54, 1.807) is 28.6 Å². The second kappa shape index (κ2) is 8.53. The zero-order valence-electron chi connectivity index (χ0n) is 19.6. The van der Waals surface area contributed by atoms with Gasteiger partial charge in [-0.1, -0.05) is 12.1 Å². The van der Waals surface area contributed by atoms with Gasteiger partial charge < -0.3 is 4.98 Å². The quantitative estimate of drug-likeness (QED) is 0.290. The van der Waals surface area contributed by atoms with E-state index in [1.165, 1.54) is 0 Å². The van der Waals surface area contributed by atoms with Gasteiger partial charge in [-0.2, -0.15) is 16.4 Å². The molecule has 5 aromatic heterocycles. The van der Waals surface area contributed by atoms with Gasteiger partial charge in [-0.15, -0.1) is 0 Å². The molecule has 0 aliphatic carbocycles. The van der Waals surface area contributed by atoms with Crippen LogP contribution in [0.15, 0.2) is 65.6 Å². The summed E-state index contributed by atoms with van der Waals surface area (Å²) in [5.41, 5.74) is 8.55. The largest absolute Gasteiger partial charge is 0.336 e. The maximum atomic E-state index is 13.6. The Hall–Kier alpha value is -4.02. The number of hydrogen-bond acceptors (Lipinski definition) is 6. The highest BCUT2D eigenvalue weighted by Gasteiger charge is 2.37.